The SMILES string of the molecule is CCc1nc(C(N)=O)c(Nc2ccc(N3C[C@@H](C)N(C)[C@@H](C)C3)c(C)c2)nc1Cl. The van der Waals surface area contributed by atoms with Crippen molar-refractivity contribution in [1.82, 2.24) is 14.9 Å². The van der Waals surface area contributed by atoms with Gasteiger partial charge in [-0.05, 0) is 58.0 Å². The summed E-state index contributed by atoms with van der Waals surface area (Å²) in [6.07, 6.45) is 0.571. The minimum Gasteiger partial charge on any atom is -0.368 e. The highest BCUT2D eigenvalue weighted by atomic mass is 35.5. The van der Waals surface area contributed by atoms with Crippen LogP contribution in [-0.4, -0.2) is 53.0 Å². The standard InChI is InChI=1S/C21H29ClN6O/c1-6-16-19(22)26-21(18(25-16)20(23)29)24-15-7-8-17(12(2)9-15)28-10-13(3)27(5)14(4)11-28/h7-9,13-14H,6,10-11H2,1-5H3,(H2,23,29)(H,24,26)/t13-,14+. The van der Waals surface area contributed by atoms with Gasteiger partial charge in [0.1, 0.15) is 0 Å². The van der Waals surface area contributed by atoms with Crippen LogP contribution >= 0.6 is 11.6 Å². The second-order valence-corrected chi connectivity index (χ2v) is 8.13. The van der Waals surface area contributed by atoms with Crippen LogP contribution in [0.15, 0.2) is 18.2 Å². The lowest BCUT2D eigenvalue weighted by Crippen LogP contribution is -2.55. The Labute approximate surface area is 177 Å². The van der Waals surface area contributed by atoms with Crippen molar-refractivity contribution in [3.63, 3.8) is 0 Å². The number of carbonyl (C=O) groups is 1. The van der Waals surface area contributed by atoms with Gasteiger partial charge >= 0.3 is 0 Å². The topological polar surface area (TPSA) is 87.4 Å². The first-order chi connectivity index (χ1) is 13.7. The highest BCUT2D eigenvalue weighted by Crippen LogP contribution is 2.29. The molecule has 2 aromatic rings. The van der Waals surface area contributed by atoms with E-state index in [1.54, 1.807) is 0 Å². The van der Waals surface area contributed by atoms with Gasteiger partial charge in [-0.2, -0.15) is 0 Å². The van der Waals surface area contributed by atoms with E-state index in [9.17, 15) is 4.79 Å². The molecule has 1 amide bonds. The van der Waals surface area contributed by atoms with Crippen molar-refractivity contribution in [2.24, 2.45) is 5.73 Å². The van der Waals surface area contributed by atoms with E-state index in [1.165, 1.54) is 5.69 Å². The Bertz CT molecular complexity index is 906. The van der Waals surface area contributed by atoms with Crippen LogP contribution in [0.1, 0.15) is 42.5 Å². The molecule has 0 unspecified atom stereocenters. The number of primary amides is 1. The molecular formula is C21H29ClN6O. The average Bonchev–Trinajstić information content (AvgIpc) is 2.65. The molecule has 1 aliphatic heterocycles. The molecule has 1 aromatic heterocycles. The predicted octanol–water partition coefficient (Wildman–Crippen LogP) is 3.37. The van der Waals surface area contributed by atoms with Crippen LogP contribution in [0.3, 0.4) is 0 Å². The van der Waals surface area contributed by atoms with Crippen molar-refractivity contribution in [3.05, 3.63) is 40.3 Å². The van der Waals surface area contributed by atoms with E-state index >= 15 is 0 Å². The van der Waals surface area contributed by atoms with Crippen molar-refractivity contribution < 1.29 is 4.79 Å². The maximum atomic E-state index is 11.8. The van der Waals surface area contributed by atoms with E-state index in [4.69, 9.17) is 17.3 Å². The summed E-state index contributed by atoms with van der Waals surface area (Å²) in [6.45, 7) is 10.5. The minimum absolute atomic E-state index is 0.0923. The Morgan fingerprint density at radius 2 is 1.93 bits per heavy atom. The maximum Gasteiger partial charge on any atom is 0.271 e. The number of piperazine rings is 1. The second-order valence-electron chi connectivity index (χ2n) is 7.77. The molecule has 0 saturated carbocycles. The molecule has 0 aliphatic carbocycles. The first kappa shape index (κ1) is 21.3. The smallest absolute Gasteiger partial charge is 0.271 e. The van der Waals surface area contributed by atoms with Gasteiger partial charge < -0.3 is 16.0 Å². The molecule has 0 bridgehead atoms. The van der Waals surface area contributed by atoms with E-state index in [-0.39, 0.29) is 16.7 Å². The van der Waals surface area contributed by atoms with Crippen LogP contribution in [0.4, 0.5) is 17.2 Å². The molecule has 0 radical (unpaired) electrons. The zero-order valence-electron chi connectivity index (χ0n) is 17.7. The zero-order chi connectivity index (χ0) is 21.3. The number of halogens is 1. The van der Waals surface area contributed by atoms with Gasteiger partial charge in [0.15, 0.2) is 16.7 Å². The molecule has 1 aromatic carbocycles. The number of nitrogens with one attached hydrogen (secondary N) is 1. The summed E-state index contributed by atoms with van der Waals surface area (Å²) in [5.41, 5.74) is 9.30. The fourth-order valence-electron chi connectivity index (χ4n) is 3.76. The van der Waals surface area contributed by atoms with Crippen molar-refractivity contribution in [2.75, 3.05) is 30.4 Å². The van der Waals surface area contributed by atoms with E-state index in [2.05, 4.69) is 59.0 Å². The maximum absolute atomic E-state index is 11.8. The van der Waals surface area contributed by atoms with Gasteiger partial charge in [0.05, 0.1) is 5.69 Å². The Hall–Kier alpha value is -2.38. The fourth-order valence-corrected chi connectivity index (χ4v) is 4.02. The average molecular weight is 417 g/mol. The van der Waals surface area contributed by atoms with Crippen LogP contribution in [0.5, 0.6) is 0 Å². The predicted molar refractivity (Wildman–Crippen MR) is 118 cm³/mol. The van der Waals surface area contributed by atoms with Crippen LogP contribution in [0.2, 0.25) is 5.15 Å². The van der Waals surface area contributed by atoms with Crippen molar-refractivity contribution in [3.8, 4) is 0 Å². The number of likely N-dealkylation sites (N-methyl/N-ethyl adjacent to an activating group) is 1. The fraction of sp³-hybridized carbons (Fsp3) is 0.476. The number of benzene rings is 1. The summed E-state index contributed by atoms with van der Waals surface area (Å²) in [6, 6.07) is 7.09. The summed E-state index contributed by atoms with van der Waals surface area (Å²) in [5, 5.41) is 3.43. The number of aromatic nitrogens is 2. The van der Waals surface area contributed by atoms with Crippen molar-refractivity contribution in [1.29, 1.82) is 0 Å². The summed E-state index contributed by atoms with van der Waals surface area (Å²) < 4.78 is 0. The van der Waals surface area contributed by atoms with Gasteiger partial charge in [0.2, 0.25) is 0 Å². The molecule has 2 heterocycles. The Morgan fingerprint density at radius 1 is 1.28 bits per heavy atom. The molecule has 2 atom stereocenters. The van der Waals surface area contributed by atoms with E-state index in [1.807, 2.05) is 19.1 Å². The quantitative estimate of drug-likeness (QED) is 0.776. The summed E-state index contributed by atoms with van der Waals surface area (Å²) in [4.78, 5) is 25.3. The number of nitrogens with zero attached hydrogens (tertiary/aromatic N) is 4. The van der Waals surface area contributed by atoms with Crippen molar-refractivity contribution >= 4 is 34.7 Å². The monoisotopic (exact) mass is 416 g/mol. The van der Waals surface area contributed by atoms with Crippen molar-refractivity contribution in [2.45, 2.75) is 46.2 Å². The Balaban J connectivity index is 1.86. The third-order valence-electron chi connectivity index (χ3n) is 5.65. The van der Waals surface area contributed by atoms with Gasteiger partial charge in [0.25, 0.3) is 5.91 Å². The van der Waals surface area contributed by atoms with E-state index in [0.29, 0.717) is 24.2 Å². The van der Waals surface area contributed by atoms with E-state index < -0.39 is 5.91 Å². The highest BCUT2D eigenvalue weighted by molar-refractivity contribution is 6.30. The normalized spacial score (nSPS) is 20.0. The van der Waals surface area contributed by atoms with Gasteiger partial charge in [-0.3, -0.25) is 9.69 Å². The zero-order valence-corrected chi connectivity index (χ0v) is 18.4. The molecule has 8 heteroatoms. The lowest BCUT2D eigenvalue weighted by molar-refractivity contribution is 0.0996. The van der Waals surface area contributed by atoms with Crippen LogP contribution in [0.25, 0.3) is 0 Å². The molecule has 29 heavy (non-hydrogen) atoms. The van der Waals surface area contributed by atoms with Crippen LogP contribution < -0.4 is 16.0 Å². The lowest BCUT2D eigenvalue weighted by Gasteiger charge is -2.44. The first-order valence-electron chi connectivity index (χ1n) is 9.92. The third kappa shape index (κ3) is 4.46. The minimum atomic E-state index is -0.639. The number of hydrogen-bond acceptors (Lipinski definition) is 6. The summed E-state index contributed by atoms with van der Waals surface area (Å²) >= 11 is 6.19. The molecule has 156 valence electrons. The summed E-state index contributed by atoms with van der Waals surface area (Å²) in [5.74, 6) is -0.367. The Morgan fingerprint density at radius 3 is 2.48 bits per heavy atom. The summed E-state index contributed by atoms with van der Waals surface area (Å²) in [7, 11) is 2.18. The van der Waals surface area contributed by atoms with Gasteiger partial charge in [-0.25, -0.2) is 9.97 Å². The van der Waals surface area contributed by atoms with Crippen LogP contribution in [0, 0.1) is 6.92 Å². The van der Waals surface area contributed by atoms with Crippen LogP contribution in [-0.2, 0) is 6.42 Å². The largest absolute Gasteiger partial charge is 0.368 e. The number of aryl methyl sites for hydroxylation is 2. The molecule has 1 aliphatic rings. The molecular weight excluding hydrogens is 388 g/mol. The number of amides is 1. The second kappa shape index (κ2) is 8.55. The van der Waals surface area contributed by atoms with Gasteiger partial charge in [0, 0.05) is 36.5 Å². The number of carbonyl (C=O) groups excluding carboxylic acids is 1. The van der Waals surface area contributed by atoms with Gasteiger partial charge in [-0.15, -0.1) is 0 Å². The van der Waals surface area contributed by atoms with Gasteiger partial charge in [-0.1, -0.05) is 18.5 Å². The number of anilines is 3. The Kier molecular flexibility index (Phi) is 6.29. The first-order valence-corrected chi connectivity index (χ1v) is 10.3. The molecule has 0 spiro atoms. The molecule has 3 N–H and O–H groups in total. The highest BCUT2D eigenvalue weighted by Gasteiger charge is 2.27. The lowest BCUT2D eigenvalue weighted by atomic mass is 10.1. The number of rotatable bonds is 5. The molecule has 1 saturated heterocycles. The molecule has 3 rings (SSSR count). The molecule has 7 nitrogen and oxygen atoms in total. The van der Waals surface area contributed by atoms with E-state index in [0.717, 1.165) is 24.3 Å². The number of hydrogen-bond donors (Lipinski definition) is 2. The number of nitrogens with two attached hydrogens (primary N) is 1. The third-order valence-corrected chi connectivity index (χ3v) is 5.95. The molecule has 1 fully saturated rings.